The van der Waals surface area contributed by atoms with Gasteiger partial charge in [-0.05, 0) is 31.6 Å². The maximum Gasteiger partial charge on any atom is 0.321 e. The van der Waals surface area contributed by atoms with Gasteiger partial charge in [0.1, 0.15) is 6.04 Å². The molecular weight excluding hydrogens is 252 g/mol. The SMILES string of the molecule is CC1CCC(NC(=O)CSC[C@@H](N)C(=O)O)CC1. The second-order valence-corrected chi connectivity index (χ2v) is 6.01. The van der Waals surface area contributed by atoms with Crippen molar-refractivity contribution in [3.05, 3.63) is 0 Å². The summed E-state index contributed by atoms with van der Waals surface area (Å²) in [5, 5.41) is 11.6. The van der Waals surface area contributed by atoms with Gasteiger partial charge < -0.3 is 16.2 Å². The van der Waals surface area contributed by atoms with Gasteiger partial charge in [-0.15, -0.1) is 11.8 Å². The van der Waals surface area contributed by atoms with Gasteiger partial charge in [0.05, 0.1) is 5.75 Å². The van der Waals surface area contributed by atoms with Crippen molar-refractivity contribution >= 4 is 23.6 Å². The lowest BCUT2D eigenvalue weighted by atomic mass is 9.87. The van der Waals surface area contributed by atoms with Crippen LogP contribution in [0, 0.1) is 5.92 Å². The van der Waals surface area contributed by atoms with E-state index in [2.05, 4.69) is 12.2 Å². The topological polar surface area (TPSA) is 92.4 Å². The molecule has 6 heteroatoms. The number of nitrogens with two attached hydrogens (primary N) is 1. The Morgan fingerprint density at radius 1 is 1.39 bits per heavy atom. The molecule has 5 nitrogen and oxygen atoms in total. The fraction of sp³-hybridized carbons (Fsp3) is 0.833. The summed E-state index contributed by atoms with van der Waals surface area (Å²) in [6.45, 7) is 2.24. The molecule has 1 aliphatic rings. The Morgan fingerprint density at radius 3 is 2.56 bits per heavy atom. The van der Waals surface area contributed by atoms with E-state index in [4.69, 9.17) is 10.8 Å². The maximum atomic E-state index is 11.6. The number of thioether (sulfide) groups is 1. The van der Waals surface area contributed by atoms with Crippen LogP contribution in [-0.4, -0.2) is 40.6 Å². The number of carboxylic acid groups (broad SMARTS) is 1. The lowest BCUT2D eigenvalue weighted by Crippen LogP contribution is -2.39. The van der Waals surface area contributed by atoms with E-state index < -0.39 is 12.0 Å². The Bertz CT molecular complexity index is 291. The fourth-order valence-corrected chi connectivity index (χ4v) is 2.81. The van der Waals surface area contributed by atoms with Crippen molar-refractivity contribution in [2.45, 2.75) is 44.7 Å². The molecule has 1 atom stereocenters. The fourth-order valence-electron chi connectivity index (χ4n) is 2.02. The summed E-state index contributed by atoms with van der Waals surface area (Å²) < 4.78 is 0. The molecule has 0 aromatic carbocycles. The molecule has 4 N–H and O–H groups in total. The zero-order valence-electron chi connectivity index (χ0n) is 10.7. The Morgan fingerprint density at radius 2 is 2.00 bits per heavy atom. The van der Waals surface area contributed by atoms with Crippen LogP contribution in [-0.2, 0) is 9.59 Å². The van der Waals surface area contributed by atoms with E-state index in [1.54, 1.807) is 0 Å². The molecule has 18 heavy (non-hydrogen) atoms. The molecule has 1 saturated carbocycles. The largest absolute Gasteiger partial charge is 0.480 e. The Labute approximate surface area is 112 Å². The molecule has 0 bridgehead atoms. The second-order valence-electron chi connectivity index (χ2n) is 4.98. The van der Waals surface area contributed by atoms with E-state index in [1.807, 2.05) is 0 Å². The molecule has 0 radical (unpaired) electrons. The summed E-state index contributed by atoms with van der Waals surface area (Å²) >= 11 is 1.27. The first kappa shape index (κ1) is 15.3. The minimum Gasteiger partial charge on any atom is -0.480 e. The summed E-state index contributed by atoms with van der Waals surface area (Å²) in [4.78, 5) is 22.1. The van der Waals surface area contributed by atoms with E-state index in [0.29, 0.717) is 6.04 Å². The van der Waals surface area contributed by atoms with Gasteiger partial charge in [-0.3, -0.25) is 9.59 Å². The zero-order chi connectivity index (χ0) is 13.5. The third kappa shape index (κ3) is 5.73. The third-order valence-corrected chi connectivity index (χ3v) is 4.29. The van der Waals surface area contributed by atoms with Gasteiger partial charge in [0.15, 0.2) is 0 Å². The monoisotopic (exact) mass is 274 g/mol. The first-order valence-electron chi connectivity index (χ1n) is 6.34. The van der Waals surface area contributed by atoms with Gasteiger partial charge in [-0.25, -0.2) is 0 Å². The van der Waals surface area contributed by atoms with Crippen LogP contribution in [0.2, 0.25) is 0 Å². The van der Waals surface area contributed by atoms with Gasteiger partial charge in [0.2, 0.25) is 5.91 Å². The molecule has 0 unspecified atom stereocenters. The Balaban J connectivity index is 2.12. The van der Waals surface area contributed by atoms with Gasteiger partial charge in [0, 0.05) is 11.8 Å². The maximum absolute atomic E-state index is 11.6. The van der Waals surface area contributed by atoms with Crippen molar-refractivity contribution in [2.75, 3.05) is 11.5 Å². The average Bonchev–Trinajstić information content (AvgIpc) is 2.32. The Kier molecular flexibility index (Phi) is 6.49. The number of hydrogen-bond donors (Lipinski definition) is 3. The molecule has 104 valence electrons. The minimum absolute atomic E-state index is 0.0165. The number of carboxylic acids is 1. The molecule has 1 amide bonds. The van der Waals surface area contributed by atoms with Gasteiger partial charge >= 0.3 is 5.97 Å². The van der Waals surface area contributed by atoms with Crippen molar-refractivity contribution in [3.8, 4) is 0 Å². The molecular formula is C12H22N2O3S. The number of carbonyl (C=O) groups excluding carboxylic acids is 1. The van der Waals surface area contributed by atoms with E-state index in [-0.39, 0.29) is 17.4 Å². The van der Waals surface area contributed by atoms with E-state index >= 15 is 0 Å². The molecule has 0 saturated heterocycles. The van der Waals surface area contributed by atoms with Gasteiger partial charge in [-0.1, -0.05) is 6.92 Å². The lowest BCUT2D eigenvalue weighted by molar-refractivity contribution is -0.138. The molecule has 1 aliphatic carbocycles. The van der Waals surface area contributed by atoms with Crippen molar-refractivity contribution < 1.29 is 14.7 Å². The van der Waals surface area contributed by atoms with Crippen LogP contribution in [0.4, 0.5) is 0 Å². The van der Waals surface area contributed by atoms with Crippen molar-refractivity contribution in [2.24, 2.45) is 11.7 Å². The molecule has 0 aliphatic heterocycles. The normalized spacial score (nSPS) is 25.4. The van der Waals surface area contributed by atoms with E-state index in [9.17, 15) is 9.59 Å². The third-order valence-electron chi connectivity index (χ3n) is 3.23. The Hall–Kier alpha value is -0.750. The van der Waals surface area contributed by atoms with Gasteiger partial charge in [0.25, 0.3) is 0 Å². The molecule has 1 rings (SSSR count). The van der Waals surface area contributed by atoms with Crippen LogP contribution in [0.25, 0.3) is 0 Å². The summed E-state index contributed by atoms with van der Waals surface area (Å²) in [6, 6.07) is -0.597. The molecule has 0 heterocycles. The predicted molar refractivity (Wildman–Crippen MR) is 72.5 cm³/mol. The quantitative estimate of drug-likeness (QED) is 0.667. The molecule has 0 spiro atoms. The highest BCUT2D eigenvalue weighted by atomic mass is 32.2. The second kappa shape index (κ2) is 7.63. The molecule has 0 aromatic rings. The van der Waals surface area contributed by atoms with Crippen LogP contribution in [0.1, 0.15) is 32.6 Å². The van der Waals surface area contributed by atoms with Crippen LogP contribution >= 0.6 is 11.8 Å². The van der Waals surface area contributed by atoms with Crippen molar-refractivity contribution in [3.63, 3.8) is 0 Å². The molecule has 0 aromatic heterocycles. The smallest absolute Gasteiger partial charge is 0.321 e. The number of hydrogen-bond acceptors (Lipinski definition) is 4. The van der Waals surface area contributed by atoms with Crippen LogP contribution in [0.3, 0.4) is 0 Å². The first-order valence-corrected chi connectivity index (χ1v) is 7.50. The number of amides is 1. The van der Waals surface area contributed by atoms with Crippen molar-refractivity contribution in [1.82, 2.24) is 5.32 Å². The van der Waals surface area contributed by atoms with E-state index in [0.717, 1.165) is 18.8 Å². The van der Waals surface area contributed by atoms with Crippen LogP contribution < -0.4 is 11.1 Å². The number of nitrogens with one attached hydrogen (secondary N) is 1. The summed E-state index contributed by atoms with van der Waals surface area (Å²) in [7, 11) is 0. The summed E-state index contributed by atoms with van der Waals surface area (Å²) in [5.74, 6) is 0.278. The number of rotatable bonds is 6. The van der Waals surface area contributed by atoms with Crippen LogP contribution in [0.15, 0.2) is 0 Å². The summed E-state index contributed by atoms with van der Waals surface area (Å²) in [6.07, 6.45) is 4.43. The predicted octanol–water partition coefficient (Wildman–Crippen LogP) is 0.826. The van der Waals surface area contributed by atoms with Crippen molar-refractivity contribution in [1.29, 1.82) is 0 Å². The number of carbonyl (C=O) groups is 2. The standard InChI is InChI=1S/C12H22N2O3S/c1-8-2-4-9(5-3-8)14-11(15)7-18-6-10(13)12(16)17/h8-10H,2-7,13H2,1H3,(H,14,15)(H,16,17)/t8?,9?,10-/m1/s1. The highest BCUT2D eigenvalue weighted by Crippen LogP contribution is 2.23. The summed E-state index contributed by atoms with van der Waals surface area (Å²) in [5.41, 5.74) is 5.35. The lowest BCUT2D eigenvalue weighted by Gasteiger charge is -2.26. The highest BCUT2D eigenvalue weighted by Gasteiger charge is 2.20. The zero-order valence-corrected chi connectivity index (χ0v) is 11.5. The van der Waals surface area contributed by atoms with Crippen LogP contribution in [0.5, 0.6) is 0 Å². The number of aliphatic carboxylic acids is 1. The highest BCUT2D eigenvalue weighted by molar-refractivity contribution is 8.00. The first-order chi connectivity index (χ1) is 8.49. The average molecular weight is 274 g/mol. The van der Waals surface area contributed by atoms with E-state index in [1.165, 1.54) is 24.6 Å². The minimum atomic E-state index is -1.02. The molecule has 1 fully saturated rings. The van der Waals surface area contributed by atoms with Gasteiger partial charge in [-0.2, -0.15) is 0 Å².